The van der Waals surface area contributed by atoms with E-state index in [1.165, 1.54) is 29.8 Å². The molecule has 0 unspecified atom stereocenters. The van der Waals surface area contributed by atoms with E-state index in [1.807, 2.05) is 73.6 Å². The van der Waals surface area contributed by atoms with Crippen LogP contribution in [0.3, 0.4) is 0 Å². The zero-order valence-corrected chi connectivity index (χ0v) is 46.7. The van der Waals surface area contributed by atoms with Gasteiger partial charge in [-0.2, -0.15) is 84.4 Å². The third kappa shape index (κ3) is 63.5. The zero-order valence-electron chi connectivity index (χ0n) is 32.5. The Morgan fingerprint density at radius 3 is 1.04 bits per heavy atom. The fraction of sp³-hybridized carbons (Fsp3) is 0.237. The molecule has 4 aromatic rings. The first-order chi connectivity index (χ1) is 23.7. The first-order valence-electron chi connectivity index (χ1n) is 15.0. The minimum absolute atomic E-state index is 0. The van der Waals surface area contributed by atoms with Gasteiger partial charge in [-0.3, -0.25) is 14.4 Å². The molecule has 0 aromatic heterocycles. The Balaban J connectivity index is -0.0000000473. The summed E-state index contributed by atoms with van der Waals surface area (Å²) in [6.07, 6.45) is 0. The normalized spacial score (nSPS) is 6.61. The van der Waals surface area contributed by atoms with Crippen LogP contribution in [0.5, 0.6) is 11.5 Å². The number of ether oxygens (including phenoxy) is 1. The van der Waals surface area contributed by atoms with Gasteiger partial charge in [-0.15, -0.1) is 12.1 Å². The van der Waals surface area contributed by atoms with Gasteiger partial charge in [0.1, 0.15) is 5.75 Å². The van der Waals surface area contributed by atoms with Crippen molar-refractivity contribution < 1.29 is 218 Å². The second-order valence-corrected chi connectivity index (χ2v) is 6.66. The maximum absolute atomic E-state index is 10.6. The monoisotopic (exact) mass is 1130 g/mol. The average Bonchev–Trinajstić information content (AvgIpc) is 3.15. The topological polar surface area (TPSA) is 196 Å². The van der Waals surface area contributed by atoms with Crippen molar-refractivity contribution >= 4 is 31.4 Å². The summed E-state index contributed by atoms with van der Waals surface area (Å²) in [5, 5.41) is 37.8. The van der Waals surface area contributed by atoms with Crippen molar-refractivity contribution in [2.75, 3.05) is 0 Å². The van der Waals surface area contributed by atoms with Crippen LogP contribution in [-0.2, 0) is 178 Å². The van der Waals surface area contributed by atoms with Crippen LogP contribution in [0.15, 0.2) is 97.1 Å². The summed E-state index contributed by atoms with van der Waals surface area (Å²) in [4.78, 5) is 45.9. The van der Waals surface area contributed by atoms with E-state index < -0.39 is 11.9 Å². The fourth-order valence-corrected chi connectivity index (χ4v) is 2.25. The van der Waals surface area contributed by atoms with Gasteiger partial charge < -0.3 is 30.3 Å². The number of carboxylic acid groups (broad SMARTS) is 5. The fourth-order valence-electron chi connectivity index (χ4n) is 2.25. The Morgan fingerprint density at radius 1 is 0.500 bits per heavy atom. The van der Waals surface area contributed by atoms with Gasteiger partial charge in [0.2, 0.25) is 0 Å². The summed E-state index contributed by atoms with van der Waals surface area (Å²) in [5.41, 5.74) is 1.81. The smallest absolute Gasteiger partial charge is 0.335 e. The molecule has 287 valence electrons. The van der Waals surface area contributed by atoms with E-state index in [0.29, 0.717) is 17.1 Å². The molecule has 4 aromatic carbocycles. The van der Waals surface area contributed by atoms with Gasteiger partial charge in [-0.05, 0) is 29.8 Å². The van der Waals surface area contributed by atoms with Crippen LogP contribution < -0.4 is 4.74 Å². The standard InChI is InChI=1S/C13H9O3.C7H5O2.C7H7.4C2H6.3CH2O2.5Y/c14-13(15)10-6-8-12(9-7-10)16-11-4-2-1-3-5-11;8-7(9)6-4-2-1-3-5-6;1-7-5-3-2-4-6-7;4*1-2;3*2-1-3;;;;;/h2-9H,(H,14,15);2-5H,(H,8,9);2-3,5-6H,1H3;4*1-2H3;3*1H,(H,2,3);;;;;/q3*-1;;;;;;;;;;;;. The molecule has 16 heteroatoms. The van der Waals surface area contributed by atoms with Crippen LogP contribution in [0.2, 0.25) is 0 Å². The van der Waals surface area contributed by atoms with Crippen molar-refractivity contribution in [2.24, 2.45) is 0 Å². The van der Waals surface area contributed by atoms with Gasteiger partial charge in [0.05, 0.1) is 5.56 Å². The third-order valence-electron chi connectivity index (χ3n) is 3.85. The molecular formula is C38H51O11Y5-3. The molecule has 11 nitrogen and oxygen atoms in total. The second-order valence-electron chi connectivity index (χ2n) is 6.66. The molecule has 0 bridgehead atoms. The van der Waals surface area contributed by atoms with Crippen LogP contribution in [0, 0.1) is 25.1 Å². The third-order valence-corrected chi connectivity index (χ3v) is 3.85. The van der Waals surface area contributed by atoms with E-state index in [4.69, 9.17) is 44.7 Å². The quantitative estimate of drug-likeness (QED) is 0.0966. The zero-order chi connectivity index (χ0) is 39.3. The van der Waals surface area contributed by atoms with Crippen molar-refractivity contribution in [3.63, 3.8) is 0 Å². The Morgan fingerprint density at radius 2 is 0.796 bits per heavy atom. The molecule has 0 amide bonds. The first kappa shape index (κ1) is 81.7. The molecular weight excluding hydrogens is 1080 g/mol. The Kier molecular flexibility index (Phi) is 111. The maximum atomic E-state index is 10.6. The van der Waals surface area contributed by atoms with Crippen LogP contribution in [0.1, 0.15) is 81.7 Å². The molecule has 5 radical (unpaired) electrons. The summed E-state index contributed by atoms with van der Waals surface area (Å²) in [6, 6.07) is 35.9. The van der Waals surface area contributed by atoms with Crippen LogP contribution >= 0.6 is 0 Å². The van der Waals surface area contributed by atoms with Crippen molar-refractivity contribution in [3.8, 4) is 11.5 Å². The predicted molar refractivity (Wildman–Crippen MR) is 192 cm³/mol. The Bertz CT molecular complexity index is 1240. The number of benzene rings is 4. The van der Waals surface area contributed by atoms with Crippen molar-refractivity contribution in [1.29, 1.82) is 0 Å². The van der Waals surface area contributed by atoms with E-state index in [1.54, 1.807) is 48.5 Å². The van der Waals surface area contributed by atoms with Gasteiger partial charge in [0.25, 0.3) is 19.4 Å². The van der Waals surface area contributed by atoms with Gasteiger partial charge in [0.15, 0.2) is 0 Å². The van der Waals surface area contributed by atoms with E-state index in [2.05, 4.69) is 31.2 Å². The summed E-state index contributed by atoms with van der Waals surface area (Å²) >= 11 is 0. The summed E-state index contributed by atoms with van der Waals surface area (Å²) in [5.74, 6) is -0.539. The Labute approximate surface area is 448 Å². The number of hydrogen-bond acceptors (Lipinski definition) is 6. The molecule has 0 aliphatic rings. The van der Waals surface area contributed by atoms with Crippen molar-refractivity contribution in [3.05, 3.63) is 132 Å². The molecule has 5 N–H and O–H groups in total. The van der Waals surface area contributed by atoms with E-state index in [9.17, 15) is 9.59 Å². The summed E-state index contributed by atoms with van der Waals surface area (Å²) in [6.45, 7) is 17.3. The molecule has 0 spiro atoms. The number of aromatic carboxylic acids is 2. The molecule has 54 heavy (non-hydrogen) atoms. The van der Waals surface area contributed by atoms with Gasteiger partial charge in [0, 0.05) is 169 Å². The predicted octanol–water partition coefficient (Wildman–Crippen LogP) is 9.15. The number of carbonyl (C=O) groups is 5. The van der Waals surface area contributed by atoms with Gasteiger partial charge in [-0.1, -0.05) is 62.3 Å². The largest absolute Gasteiger partial charge is 0.483 e. The second kappa shape index (κ2) is 73.6. The van der Waals surface area contributed by atoms with E-state index in [-0.39, 0.29) is 189 Å². The van der Waals surface area contributed by atoms with Crippen molar-refractivity contribution in [1.82, 2.24) is 0 Å². The van der Waals surface area contributed by atoms with E-state index in [0.717, 1.165) is 0 Å². The number of rotatable bonds is 4. The van der Waals surface area contributed by atoms with E-state index >= 15 is 0 Å². The Hall–Kier alpha value is -0.451. The van der Waals surface area contributed by atoms with Crippen LogP contribution in [0.4, 0.5) is 0 Å². The molecule has 0 saturated carbocycles. The van der Waals surface area contributed by atoms with Crippen molar-refractivity contribution in [2.45, 2.75) is 62.3 Å². The SMILES string of the molecule is CC.CC.CC.CC.Cc1c[c-]ccc1.O=C(O)c1cc[c-]cc1.O=C(O)c1ccc(Oc2cc[c-]cc2)cc1.O=CO.O=CO.O=CO.[Y].[Y].[Y].[Y].[Y]. The molecule has 4 rings (SSSR count). The number of hydrogen-bond donors (Lipinski definition) is 5. The summed E-state index contributed by atoms with van der Waals surface area (Å²) < 4.78 is 5.50. The molecule has 0 aliphatic heterocycles. The van der Waals surface area contributed by atoms with Gasteiger partial charge in [-0.25, -0.2) is 9.59 Å². The molecule has 0 heterocycles. The van der Waals surface area contributed by atoms with Crippen LogP contribution in [-0.4, -0.2) is 56.9 Å². The minimum atomic E-state index is -0.944. The first-order valence-corrected chi connectivity index (χ1v) is 15.0. The number of aryl methyl sites for hydroxylation is 1. The average molecular weight is 1130 g/mol. The maximum Gasteiger partial charge on any atom is 0.335 e. The molecule has 0 saturated heterocycles. The van der Waals surface area contributed by atoms with Gasteiger partial charge >= 0.3 is 11.9 Å². The minimum Gasteiger partial charge on any atom is -0.483 e. The summed E-state index contributed by atoms with van der Waals surface area (Å²) in [7, 11) is 0. The molecule has 0 aliphatic carbocycles. The van der Waals surface area contributed by atoms with Crippen LogP contribution in [0.25, 0.3) is 0 Å². The molecule has 0 atom stereocenters. The molecule has 0 fully saturated rings. The number of carboxylic acids is 2.